The summed E-state index contributed by atoms with van der Waals surface area (Å²) in [5, 5.41) is 4.38. The van der Waals surface area contributed by atoms with Gasteiger partial charge in [-0.25, -0.2) is 0 Å². The average molecular weight is 294 g/mol. The Labute approximate surface area is 126 Å². The Morgan fingerprint density at radius 3 is 2.70 bits per heavy atom. The number of ether oxygens (including phenoxy) is 1. The maximum absolute atomic E-state index is 6.23. The molecule has 0 amide bonds. The van der Waals surface area contributed by atoms with Crippen molar-refractivity contribution in [2.75, 3.05) is 13.2 Å². The van der Waals surface area contributed by atoms with E-state index >= 15 is 0 Å². The molecule has 1 unspecified atom stereocenters. The van der Waals surface area contributed by atoms with Crippen molar-refractivity contribution in [3.63, 3.8) is 0 Å². The molecule has 1 aromatic rings. The Morgan fingerprint density at radius 1 is 1.10 bits per heavy atom. The first kappa shape index (κ1) is 14.2. The molecule has 110 valence electrons. The van der Waals surface area contributed by atoms with Crippen molar-refractivity contribution >= 4 is 11.6 Å². The van der Waals surface area contributed by atoms with Crippen molar-refractivity contribution < 1.29 is 4.74 Å². The van der Waals surface area contributed by atoms with E-state index in [4.69, 9.17) is 16.3 Å². The van der Waals surface area contributed by atoms with Crippen LogP contribution in [0, 0.1) is 5.92 Å². The number of hydrogen-bond acceptors (Lipinski definition) is 2. The molecule has 1 heterocycles. The summed E-state index contributed by atoms with van der Waals surface area (Å²) in [6.45, 7) is 2.00. The number of rotatable bonds is 5. The quantitative estimate of drug-likeness (QED) is 0.878. The Hall–Kier alpha value is -0.730. The van der Waals surface area contributed by atoms with Gasteiger partial charge in [-0.15, -0.1) is 0 Å². The van der Waals surface area contributed by atoms with E-state index in [9.17, 15) is 0 Å². The molecule has 2 fully saturated rings. The molecule has 3 rings (SSSR count). The van der Waals surface area contributed by atoms with E-state index in [1.54, 1.807) is 0 Å². The Morgan fingerprint density at radius 2 is 2.00 bits per heavy atom. The van der Waals surface area contributed by atoms with Crippen LogP contribution in [0.4, 0.5) is 0 Å². The highest BCUT2D eigenvalue weighted by atomic mass is 35.5. The van der Waals surface area contributed by atoms with Crippen molar-refractivity contribution in [1.82, 2.24) is 5.32 Å². The SMILES string of the molecule is Clc1cc(CC2CCCCN2)cc(OCC2CCC2)c1. The van der Waals surface area contributed by atoms with Crippen molar-refractivity contribution in [1.29, 1.82) is 0 Å². The highest BCUT2D eigenvalue weighted by Crippen LogP contribution is 2.28. The van der Waals surface area contributed by atoms with Gasteiger partial charge in [0.2, 0.25) is 0 Å². The predicted molar refractivity (Wildman–Crippen MR) is 83.6 cm³/mol. The van der Waals surface area contributed by atoms with Crippen LogP contribution in [0.1, 0.15) is 44.1 Å². The van der Waals surface area contributed by atoms with E-state index in [0.717, 1.165) is 36.3 Å². The van der Waals surface area contributed by atoms with Gasteiger partial charge in [-0.2, -0.15) is 0 Å². The molecule has 1 aliphatic carbocycles. The highest BCUT2D eigenvalue weighted by Gasteiger charge is 2.18. The van der Waals surface area contributed by atoms with Gasteiger partial charge in [0.1, 0.15) is 5.75 Å². The molecular weight excluding hydrogens is 270 g/mol. The van der Waals surface area contributed by atoms with Gasteiger partial charge in [0, 0.05) is 11.1 Å². The third-order valence-electron chi connectivity index (χ3n) is 4.54. The molecule has 1 aromatic carbocycles. The second kappa shape index (κ2) is 6.82. The Kier molecular flexibility index (Phi) is 4.85. The minimum atomic E-state index is 0.599. The number of piperidine rings is 1. The van der Waals surface area contributed by atoms with Crippen LogP contribution < -0.4 is 10.1 Å². The van der Waals surface area contributed by atoms with Gasteiger partial charge in [-0.05, 0) is 68.3 Å². The van der Waals surface area contributed by atoms with E-state index in [0.29, 0.717) is 6.04 Å². The van der Waals surface area contributed by atoms with E-state index in [2.05, 4.69) is 17.4 Å². The van der Waals surface area contributed by atoms with Gasteiger partial charge in [-0.1, -0.05) is 24.4 Å². The van der Waals surface area contributed by atoms with Crippen LogP contribution >= 0.6 is 11.6 Å². The van der Waals surface area contributed by atoms with E-state index in [1.165, 1.54) is 44.1 Å². The summed E-state index contributed by atoms with van der Waals surface area (Å²) in [6, 6.07) is 6.79. The molecule has 3 heteroatoms. The molecule has 0 radical (unpaired) electrons. The molecule has 0 bridgehead atoms. The summed E-state index contributed by atoms with van der Waals surface area (Å²) in [6.07, 6.45) is 8.97. The summed E-state index contributed by atoms with van der Waals surface area (Å²) in [5.41, 5.74) is 1.29. The average Bonchev–Trinajstić information content (AvgIpc) is 2.37. The molecule has 1 saturated carbocycles. The van der Waals surface area contributed by atoms with Crippen LogP contribution in [0.2, 0.25) is 5.02 Å². The van der Waals surface area contributed by atoms with Crippen LogP contribution in [0.5, 0.6) is 5.75 Å². The molecule has 1 saturated heterocycles. The fourth-order valence-corrected chi connectivity index (χ4v) is 3.33. The fourth-order valence-electron chi connectivity index (χ4n) is 3.08. The van der Waals surface area contributed by atoms with Crippen molar-refractivity contribution in [2.45, 2.75) is 51.0 Å². The first-order chi connectivity index (χ1) is 9.79. The van der Waals surface area contributed by atoms with Gasteiger partial charge < -0.3 is 10.1 Å². The van der Waals surface area contributed by atoms with Gasteiger partial charge in [0.25, 0.3) is 0 Å². The number of halogens is 1. The molecule has 1 aliphatic heterocycles. The lowest BCUT2D eigenvalue weighted by molar-refractivity contribution is 0.180. The topological polar surface area (TPSA) is 21.3 Å². The summed E-state index contributed by atoms with van der Waals surface area (Å²) >= 11 is 6.23. The predicted octanol–water partition coefficient (Wildman–Crippen LogP) is 4.20. The van der Waals surface area contributed by atoms with E-state index < -0.39 is 0 Å². The monoisotopic (exact) mass is 293 g/mol. The van der Waals surface area contributed by atoms with Crippen molar-refractivity contribution in [3.05, 3.63) is 28.8 Å². The molecule has 0 aromatic heterocycles. The van der Waals surface area contributed by atoms with Crippen molar-refractivity contribution in [2.24, 2.45) is 5.92 Å². The molecule has 1 atom stereocenters. The molecule has 0 spiro atoms. The lowest BCUT2D eigenvalue weighted by Crippen LogP contribution is -2.35. The zero-order chi connectivity index (χ0) is 13.8. The van der Waals surface area contributed by atoms with Crippen molar-refractivity contribution in [3.8, 4) is 5.75 Å². The minimum absolute atomic E-state index is 0.599. The standard InChI is InChI=1S/C17H24ClNO/c18-15-8-14(9-16-6-1-2-7-19-16)10-17(11-15)20-12-13-4-3-5-13/h8,10-11,13,16,19H,1-7,9,12H2. The van der Waals surface area contributed by atoms with Gasteiger partial charge in [-0.3, -0.25) is 0 Å². The maximum atomic E-state index is 6.23. The second-order valence-electron chi connectivity index (χ2n) is 6.25. The third-order valence-corrected chi connectivity index (χ3v) is 4.75. The molecular formula is C17H24ClNO. The molecule has 2 aliphatic rings. The lowest BCUT2D eigenvalue weighted by atomic mass is 9.86. The normalized spacial score (nSPS) is 23.4. The van der Waals surface area contributed by atoms with Crippen LogP contribution in [-0.2, 0) is 6.42 Å². The van der Waals surface area contributed by atoms with Crippen LogP contribution in [0.3, 0.4) is 0 Å². The van der Waals surface area contributed by atoms with Gasteiger partial charge >= 0.3 is 0 Å². The van der Waals surface area contributed by atoms with E-state index in [1.807, 2.05) is 6.07 Å². The van der Waals surface area contributed by atoms with E-state index in [-0.39, 0.29) is 0 Å². The number of hydrogen-bond donors (Lipinski definition) is 1. The third kappa shape index (κ3) is 3.89. The first-order valence-corrected chi connectivity index (χ1v) is 8.33. The molecule has 1 N–H and O–H groups in total. The van der Waals surface area contributed by atoms with Crippen LogP contribution in [-0.4, -0.2) is 19.2 Å². The zero-order valence-corrected chi connectivity index (χ0v) is 12.8. The van der Waals surface area contributed by atoms with Gasteiger partial charge in [0.05, 0.1) is 6.61 Å². The lowest BCUT2D eigenvalue weighted by Gasteiger charge is -2.26. The molecule has 20 heavy (non-hydrogen) atoms. The fraction of sp³-hybridized carbons (Fsp3) is 0.647. The Bertz CT molecular complexity index is 439. The number of nitrogens with one attached hydrogen (secondary N) is 1. The maximum Gasteiger partial charge on any atom is 0.121 e. The Balaban J connectivity index is 1.59. The number of benzene rings is 1. The van der Waals surface area contributed by atoms with Crippen LogP contribution in [0.25, 0.3) is 0 Å². The largest absolute Gasteiger partial charge is 0.493 e. The van der Waals surface area contributed by atoms with Crippen LogP contribution in [0.15, 0.2) is 18.2 Å². The second-order valence-corrected chi connectivity index (χ2v) is 6.69. The van der Waals surface area contributed by atoms with Gasteiger partial charge in [0.15, 0.2) is 0 Å². The smallest absolute Gasteiger partial charge is 0.121 e. The summed E-state index contributed by atoms with van der Waals surface area (Å²) < 4.78 is 5.92. The zero-order valence-electron chi connectivity index (χ0n) is 12.0. The summed E-state index contributed by atoms with van der Waals surface area (Å²) in [5.74, 6) is 1.70. The minimum Gasteiger partial charge on any atom is -0.493 e. The highest BCUT2D eigenvalue weighted by molar-refractivity contribution is 6.30. The molecule has 2 nitrogen and oxygen atoms in total. The first-order valence-electron chi connectivity index (χ1n) is 7.95. The summed E-state index contributed by atoms with van der Waals surface area (Å²) in [4.78, 5) is 0. The summed E-state index contributed by atoms with van der Waals surface area (Å²) in [7, 11) is 0.